The molecule has 0 unspecified atom stereocenters. The molecule has 0 saturated carbocycles. The molecule has 0 aliphatic heterocycles. The predicted molar refractivity (Wildman–Crippen MR) is 115 cm³/mol. The molecule has 0 atom stereocenters. The van der Waals surface area contributed by atoms with E-state index in [1.807, 2.05) is 0 Å². The van der Waals surface area contributed by atoms with Gasteiger partial charge in [0.15, 0.2) is 0 Å². The van der Waals surface area contributed by atoms with Crippen molar-refractivity contribution < 1.29 is 26.4 Å². The molecule has 1 amide bonds. The van der Waals surface area contributed by atoms with Crippen molar-refractivity contribution in [2.45, 2.75) is 24.5 Å². The van der Waals surface area contributed by atoms with Crippen LogP contribution in [-0.2, 0) is 27.5 Å². The number of benzene rings is 3. The van der Waals surface area contributed by atoms with Crippen LogP contribution in [0.25, 0.3) is 0 Å². The van der Waals surface area contributed by atoms with E-state index in [0.29, 0.717) is 17.3 Å². The molecule has 5 nitrogen and oxygen atoms in total. The van der Waals surface area contributed by atoms with Gasteiger partial charge in [-0.3, -0.25) is 4.79 Å². The van der Waals surface area contributed by atoms with Gasteiger partial charge >= 0.3 is 6.18 Å². The monoisotopic (exact) mass is 462 g/mol. The molecule has 3 rings (SSSR count). The van der Waals surface area contributed by atoms with Crippen molar-refractivity contribution >= 4 is 21.6 Å². The van der Waals surface area contributed by atoms with Crippen molar-refractivity contribution in [3.05, 3.63) is 95.6 Å². The molecule has 0 saturated heterocycles. The number of rotatable bonds is 7. The maximum atomic E-state index is 13.5. The average molecular weight is 462 g/mol. The van der Waals surface area contributed by atoms with Gasteiger partial charge in [0, 0.05) is 12.2 Å². The number of hydrogen-bond donors (Lipinski definition) is 1. The lowest BCUT2D eigenvalue weighted by molar-refractivity contribution is -0.139. The van der Waals surface area contributed by atoms with E-state index in [1.165, 1.54) is 6.07 Å². The fraction of sp³-hybridized carbons (Fsp3) is 0.174. The Bertz CT molecular complexity index is 1200. The van der Waals surface area contributed by atoms with Crippen molar-refractivity contribution in [1.29, 1.82) is 0 Å². The Morgan fingerprint density at radius 2 is 1.50 bits per heavy atom. The summed E-state index contributed by atoms with van der Waals surface area (Å²) < 4.78 is 67.9. The number of alkyl halides is 3. The molecule has 0 spiro atoms. The summed E-state index contributed by atoms with van der Waals surface area (Å²) in [5, 5.41) is 2.63. The van der Waals surface area contributed by atoms with Crippen LogP contribution >= 0.6 is 0 Å². The van der Waals surface area contributed by atoms with Crippen LogP contribution in [0.4, 0.5) is 18.9 Å². The summed E-state index contributed by atoms with van der Waals surface area (Å²) in [5.41, 5.74) is 0.507. The summed E-state index contributed by atoms with van der Waals surface area (Å²) in [6.07, 6.45) is -4.87. The van der Waals surface area contributed by atoms with Crippen LogP contribution in [0.5, 0.6) is 0 Å². The van der Waals surface area contributed by atoms with Crippen LogP contribution < -0.4 is 5.32 Å². The first-order chi connectivity index (χ1) is 15.1. The van der Waals surface area contributed by atoms with Crippen molar-refractivity contribution in [3.8, 4) is 0 Å². The molecule has 0 radical (unpaired) electrons. The normalized spacial score (nSPS) is 12.0. The lowest BCUT2D eigenvalue weighted by Gasteiger charge is -2.24. The van der Waals surface area contributed by atoms with Gasteiger partial charge in [-0.2, -0.15) is 17.5 Å². The van der Waals surface area contributed by atoms with E-state index in [4.69, 9.17) is 0 Å². The summed E-state index contributed by atoms with van der Waals surface area (Å²) in [7, 11) is -4.66. The average Bonchev–Trinajstić information content (AvgIpc) is 2.75. The second kappa shape index (κ2) is 9.54. The summed E-state index contributed by atoms with van der Waals surface area (Å²) in [5.74, 6) is -0.664. The lowest BCUT2D eigenvalue weighted by atomic mass is 10.2. The second-order valence-corrected chi connectivity index (χ2v) is 9.02. The van der Waals surface area contributed by atoms with E-state index in [9.17, 15) is 26.4 Å². The number of hydrogen-bond acceptors (Lipinski definition) is 3. The minimum atomic E-state index is -4.87. The summed E-state index contributed by atoms with van der Waals surface area (Å²) >= 11 is 0. The van der Waals surface area contributed by atoms with Crippen LogP contribution in [0.1, 0.15) is 16.7 Å². The molecule has 1 N–H and O–H groups in total. The molecular weight excluding hydrogens is 441 g/mol. The van der Waals surface area contributed by atoms with Crippen LogP contribution in [0.15, 0.2) is 83.8 Å². The highest BCUT2D eigenvalue weighted by Crippen LogP contribution is 2.35. The first-order valence-corrected chi connectivity index (χ1v) is 11.1. The molecular formula is C23H21F3N2O3S. The third-order valence-electron chi connectivity index (χ3n) is 4.75. The Hall–Kier alpha value is -3.17. The predicted octanol–water partition coefficient (Wildman–Crippen LogP) is 4.84. The molecule has 0 heterocycles. The van der Waals surface area contributed by atoms with Crippen molar-refractivity contribution in [3.63, 3.8) is 0 Å². The van der Waals surface area contributed by atoms with Gasteiger partial charge in [-0.15, -0.1) is 0 Å². The highest BCUT2D eigenvalue weighted by atomic mass is 32.2. The van der Waals surface area contributed by atoms with Gasteiger partial charge in [0.05, 0.1) is 17.0 Å². The number of anilines is 1. The van der Waals surface area contributed by atoms with E-state index in [-0.39, 0.29) is 6.54 Å². The van der Waals surface area contributed by atoms with Gasteiger partial charge in [0.2, 0.25) is 15.9 Å². The SMILES string of the molecule is Cc1ccccc1NC(=O)CN(Cc1ccccc1)S(=O)(=O)c1ccccc1C(F)(F)F. The number of halogens is 3. The number of sulfonamides is 1. The zero-order valence-electron chi connectivity index (χ0n) is 17.1. The molecule has 3 aromatic carbocycles. The van der Waals surface area contributed by atoms with Crippen LogP contribution in [0.3, 0.4) is 0 Å². The molecule has 0 fully saturated rings. The van der Waals surface area contributed by atoms with E-state index in [0.717, 1.165) is 22.0 Å². The summed E-state index contributed by atoms with van der Waals surface area (Å²) in [6, 6.07) is 19.2. The highest BCUT2D eigenvalue weighted by Gasteiger charge is 2.39. The number of nitrogens with zero attached hydrogens (tertiary/aromatic N) is 1. The number of amides is 1. The topological polar surface area (TPSA) is 66.5 Å². The van der Waals surface area contributed by atoms with Crippen molar-refractivity contribution in [2.75, 3.05) is 11.9 Å². The molecule has 0 bridgehead atoms. The van der Waals surface area contributed by atoms with Gasteiger partial charge in [0.25, 0.3) is 0 Å². The second-order valence-electron chi connectivity index (χ2n) is 7.12. The largest absolute Gasteiger partial charge is 0.417 e. The molecule has 9 heteroatoms. The van der Waals surface area contributed by atoms with Crippen LogP contribution in [0.2, 0.25) is 0 Å². The Labute approximate surface area is 184 Å². The number of para-hydroxylation sites is 1. The smallest absolute Gasteiger partial charge is 0.325 e. The molecule has 168 valence electrons. The van der Waals surface area contributed by atoms with E-state index in [1.54, 1.807) is 61.5 Å². The first kappa shape index (κ1) is 23.5. The Kier molecular flexibility index (Phi) is 7.00. The van der Waals surface area contributed by atoms with Gasteiger partial charge in [-0.1, -0.05) is 60.7 Å². The maximum Gasteiger partial charge on any atom is 0.417 e. The Balaban J connectivity index is 1.98. The zero-order chi connectivity index (χ0) is 23.4. The van der Waals surface area contributed by atoms with E-state index < -0.39 is 39.1 Å². The molecule has 32 heavy (non-hydrogen) atoms. The zero-order valence-corrected chi connectivity index (χ0v) is 18.0. The van der Waals surface area contributed by atoms with E-state index >= 15 is 0 Å². The fourth-order valence-electron chi connectivity index (χ4n) is 3.14. The van der Waals surface area contributed by atoms with Gasteiger partial charge in [-0.05, 0) is 36.2 Å². The Morgan fingerprint density at radius 3 is 2.16 bits per heavy atom. The van der Waals surface area contributed by atoms with Crippen molar-refractivity contribution in [1.82, 2.24) is 4.31 Å². The molecule has 0 aliphatic rings. The molecule has 3 aromatic rings. The quantitative estimate of drug-likeness (QED) is 0.546. The van der Waals surface area contributed by atoms with Crippen LogP contribution in [0, 0.1) is 6.92 Å². The lowest BCUT2D eigenvalue weighted by Crippen LogP contribution is -2.38. The van der Waals surface area contributed by atoms with Crippen molar-refractivity contribution in [2.24, 2.45) is 0 Å². The third kappa shape index (κ3) is 5.54. The maximum absolute atomic E-state index is 13.5. The number of carbonyl (C=O) groups is 1. The Morgan fingerprint density at radius 1 is 0.906 bits per heavy atom. The highest BCUT2D eigenvalue weighted by molar-refractivity contribution is 7.89. The number of carbonyl (C=O) groups excluding carboxylic acids is 1. The summed E-state index contributed by atoms with van der Waals surface area (Å²) in [6.45, 7) is 0.849. The third-order valence-corrected chi connectivity index (χ3v) is 6.60. The molecule has 0 aliphatic carbocycles. The van der Waals surface area contributed by atoms with Gasteiger partial charge < -0.3 is 5.32 Å². The number of nitrogens with one attached hydrogen (secondary N) is 1. The van der Waals surface area contributed by atoms with Crippen LogP contribution in [-0.4, -0.2) is 25.2 Å². The van der Waals surface area contributed by atoms with E-state index in [2.05, 4.69) is 5.32 Å². The minimum absolute atomic E-state index is 0.267. The van der Waals surface area contributed by atoms with Gasteiger partial charge in [-0.25, -0.2) is 8.42 Å². The molecule has 0 aromatic heterocycles. The minimum Gasteiger partial charge on any atom is -0.325 e. The standard InChI is InChI=1S/C23H21F3N2O3S/c1-17-9-5-7-13-20(17)27-22(29)16-28(15-18-10-3-2-4-11-18)32(30,31)21-14-8-6-12-19(21)23(24,25)26/h2-14H,15-16H2,1H3,(H,27,29). The summed E-state index contributed by atoms with van der Waals surface area (Å²) in [4.78, 5) is 11.8. The van der Waals surface area contributed by atoms with Gasteiger partial charge in [0.1, 0.15) is 0 Å². The first-order valence-electron chi connectivity index (χ1n) is 9.65. The number of aryl methyl sites for hydroxylation is 1. The fourth-order valence-corrected chi connectivity index (χ4v) is 4.74.